The van der Waals surface area contributed by atoms with Gasteiger partial charge in [0.05, 0.1) is 0 Å². The summed E-state index contributed by atoms with van der Waals surface area (Å²) in [5.74, 6) is -0.820. The summed E-state index contributed by atoms with van der Waals surface area (Å²) in [5.41, 5.74) is 3.38. The number of hydrogen-bond acceptors (Lipinski definition) is 4. The molecular formula is C22H22N4O3. The molecule has 29 heavy (non-hydrogen) atoms. The van der Waals surface area contributed by atoms with Gasteiger partial charge in [-0.15, -0.1) is 0 Å². The molecule has 0 saturated carbocycles. The van der Waals surface area contributed by atoms with Crippen LogP contribution >= 0.6 is 0 Å². The van der Waals surface area contributed by atoms with Gasteiger partial charge in [0.2, 0.25) is 5.91 Å². The number of carbonyl (C=O) groups is 2. The molecule has 0 aliphatic heterocycles. The lowest BCUT2D eigenvalue weighted by atomic mass is 10.1. The first-order valence-corrected chi connectivity index (χ1v) is 9.19. The minimum atomic E-state index is -0.456. The van der Waals surface area contributed by atoms with Crippen molar-refractivity contribution in [1.82, 2.24) is 15.1 Å². The van der Waals surface area contributed by atoms with Crippen molar-refractivity contribution < 1.29 is 9.59 Å². The maximum absolute atomic E-state index is 12.4. The average Bonchev–Trinajstić information content (AvgIpc) is 2.71. The number of amides is 2. The SMILES string of the molecule is Cc1ccc(CNC(=O)Cn2nc(C(=O)Nc3ccc(C)cc3)ccc2=O)cc1. The standard InChI is InChI=1S/C22H22N4O3/c1-15-3-7-17(8-4-15)13-23-20(27)14-26-21(28)12-11-19(25-26)22(29)24-18-9-5-16(2)6-10-18/h3-12H,13-14H2,1-2H3,(H,23,27)(H,24,29). The molecule has 2 amide bonds. The van der Waals surface area contributed by atoms with E-state index in [1.807, 2.05) is 50.2 Å². The molecule has 0 fully saturated rings. The Morgan fingerprint density at radius 3 is 2.17 bits per heavy atom. The highest BCUT2D eigenvalue weighted by molar-refractivity contribution is 6.02. The maximum atomic E-state index is 12.4. The van der Waals surface area contributed by atoms with Gasteiger partial charge in [-0.1, -0.05) is 47.5 Å². The number of aryl methyl sites for hydroxylation is 2. The van der Waals surface area contributed by atoms with Crippen molar-refractivity contribution >= 4 is 17.5 Å². The van der Waals surface area contributed by atoms with Gasteiger partial charge in [-0.05, 0) is 37.6 Å². The Morgan fingerprint density at radius 2 is 1.52 bits per heavy atom. The summed E-state index contributed by atoms with van der Waals surface area (Å²) in [6.45, 7) is 4.02. The van der Waals surface area contributed by atoms with Crippen molar-refractivity contribution in [1.29, 1.82) is 0 Å². The van der Waals surface area contributed by atoms with E-state index in [4.69, 9.17) is 0 Å². The van der Waals surface area contributed by atoms with Crippen molar-refractivity contribution in [3.8, 4) is 0 Å². The van der Waals surface area contributed by atoms with E-state index in [1.165, 1.54) is 12.1 Å². The van der Waals surface area contributed by atoms with E-state index < -0.39 is 11.5 Å². The summed E-state index contributed by atoms with van der Waals surface area (Å²) in [6.07, 6.45) is 0. The highest BCUT2D eigenvalue weighted by atomic mass is 16.2. The number of nitrogens with one attached hydrogen (secondary N) is 2. The van der Waals surface area contributed by atoms with Gasteiger partial charge in [-0.2, -0.15) is 5.10 Å². The summed E-state index contributed by atoms with van der Waals surface area (Å²) in [4.78, 5) is 36.6. The van der Waals surface area contributed by atoms with Gasteiger partial charge in [0.1, 0.15) is 12.2 Å². The Morgan fingerprint density at radius 1 is 0.897 bits per heavy atom. The van der Waals surface area contributed by atoms with E-state index >= 15 is 0 Å². The van der Waals surface area contributed by atoms with Crippen LogP contribution in [0.25, 0.3) is 0 Å². The zero-order valence-electron chi connectivity index (χ0n) is 16.3. The second-order valence-electron chi connectivity index (χ2n) is 6.80. The zero-order valence-corrected chi connectivity index (χ0v) is 16.3. The third kappa shape index (κ3) is 5.62. The van der Waals surface area contributed by atoms with E-state index in [9.17, 15) is 14.4 Å². The molecule has 0 radical (unpaired) electrons. The van der Waals surface area contributed by atoms with Gasteiger partial charge in [-0.25, -0.2) is 4.68 Å². The Balaban J connectivity index is 1.64. The predicted octanol–water partition coefficient (Wildman–Crippen LogP) is 2.43. The topological polar surface area (TPSA) is 93.1 Å². The molecule has 0 aliphatic carbocycles. The minimum absolute atomic E-state index is 0.0523. The van der Waals surface area contributed by atoms with Crippen LogP contribution < -0.4 is 16.2 Å². The van der Waals surface area contributed by atoms with E-state index in [2.05, 4.69) is 15.7 Å². The number of anilines is 1. The number of benzene rings is 2. The normalized spacial score (nSPS) is 10.4. The van der Waals surface area contributed by atoms with Crippen LogP contribution in [-0.2, 0) is 17.9 Å². The molecule has 0 aliphatic rings. The van der Waals surface area contributed by atoms with Gasteiger partial charge >= 0.3 is 0 Å². The van der Waals surface area contributed by atoms with Crippen LogP contribution in [0.1, 0.15) is 27.2 Å². The fourth-order valence-electron chi connectivity index (χ4n) is 2.61. The fraction of sp³-hybridized carbons (Fsp3) is 0.182. The lowest BCUT2D eigenvalue weighted by molar-refractivity contribution is -0.122. The van der Waals surface area contributed by atoms with Gasteiger partial charge in [0, 0.05) is 18.3 Å². The first kappa shape index (κ1) is 20.0. The highest BCUT2D eigenvalue weighted by Crippen LogP contribution is 2.09. The van der Waals surface area contributed by atoms with Crippen LogP contribution in [-0.4, -0.2) is 21.6 Å². The molecule has 0 spiro atoms. The third-order valence-corrected chi connectivity index (χ3v) is 4.31. The molecule has 0 unspecified atom stereocenters. The van der Waals surface area contributed by atoms with Crippen molar-refractivity contribution in [3.63, 3.8) is 0 Å². The van der Waals surface area contributed by atoms with Gasteiger partial charge in [-0.3, -0.25) is 14.4 Å². The van der Waals surface area contributed by atoms with Crippen LogP contribution in [0.3, 0.4) is 0 Å². The first-order chi connectivity index (χ1) is 13.9. The molecule has 0 atom stereocenters. The van der Waals surface area contributed by atoms with E-state index in [-0.39, 0.29) is 18.1 Å². The molecule has 2 aromatic carbocycles. The summed E-state index contributed by atoms with van der Waals surface area (Å²) in [6, 6.07) is 17.7. The maximum Gasteiger partial charge on any atom is 0.276 e. The smallest absolute Gasteiger partial charge is 0.276 e. The van der Waals surface area contributed by atoms with Crippen LogP contribution in [0.5, 0.6) is 0 Å². The van der Waals surface area contributed by atoms with E-state index in [0.717, 1.165) is 21.4 Å². The molecule has 3 aromatic rings. The second-order valence-corrected chi connectivity index (χ2v) is 6.80. The summed E-state index contributed by atoms with van der Waals surface area (Å²) >= 11 is 0. The third-order valence-electron chi connectivity index (χ3n) is 4.31. The Hall–Kier alpha value is -3.74. The zero-order chi connectivity index (χ0) is 20.8. The van der Waals surface area contributed by atoms with Gasteiger partial charge in [0.25, 0.3) is 11.5 Å². The highest BCUT2D eigenvalue weighted by Gasteiger charge is 2.12. The lowest BCUT2D eigenvalue weighted by Crippen LogP contribution is -2.34. The molecule has 3 rings (SSSR count). The van der Waals surface area contributed by atoms with Crippen LogP contribution in [0.2, 0.25) is 0 Å². The molecule has 0 bridgehead atoms. The number of carbonyl (C=O) groups excluding carboxylic acids is 2. The molecule has 7 nitrogen and oxygen atoms in total. The van der Waals surface area contributed by atoms with Crippen molar-refractivity contribution in [2.45, 2.75) is 26.9 Å². The number of nitrogens with zero attached hydrogens (tertiary/aromatic N) is 2. The largest absolute Gasteiger partial charge is 0.350 e. The molecule has 1 heterocycles. The van der Waals surface area contributed by atoms with Crippen LogP contribution in [0.15, 0.2) is 65.5 Å². The van der Waals surface area contributed by atoms with Crippen molar-refractivity contribution in [3.05, 3.63) is 93.4 Å². The number of aromatic nitrogens is 2. The average molecular weight is 390 g/mol. The summed E-state index contributed by atoms with van der Waals surface area (Å²) in [5, 5.41) is 9.49. The Labute approximate surface area is 168 Å². The Bertz CT molecular complexity index is 1070. The molecule has 1 aromatic heterocycles. The summed E-state index contributed by atoms with van der Waals surface area (Å²) < 4.78 is 0.981. The lowest BCUT2D eigenvalue weighted by Gasteiger charge is -2.09. The van der Waals surface area contributed by atoms with Gasteiger partial charge < -0.3 is 10.6 Å². The first-order valence-electron chi connectivity index (χ1n) is 9.19. The predicted molar refractivity (Wildman–Crippen MR) is 111 cm³/mol. The quantitative estimate of drug-likeness (QED) is 0.676. The fourth-order valence-corrected chi connectivity index (χ4v) is 2.61. The molecule has 2 N–H and O–H groups in total. The second kappa shape index (κ2) is 8.97. The minimum Gasteiger partial charge on any atom is -0.350 e. The van der Waals surface area contributed by atoms with E-state index in [0.29, 0.717) is 12.2 Å². The molecule has 0 saturated heterocycles. The molecular weight excluding hydrogens is 368 g/mol. The van der Waals surface area contributed by atoms with E-state index in [1.54, 1.807) is 12.1 Å². The van der Waals surface area contributed by atoms with Crippen molar-refractivity contribution in [2.24, 2.45) is 0 Å². The monoisotopic (exact) mass is 390 g/mol. The number of rotatable bonds is 6. The van der Waals surface area contributed by atoms with Crippen LogP contribution in [0.4, 0.5) is 5.69 Å². The molecule has 148 valence electrons. The summed E-state index contributed by atoms with van der Waals surface area (Å²) in [7, 11) is 0. The van der Waals surface area contributed by atoms with Crippen molar-refractivity contribution in [2.75, 3.05) is 5.32 Å². The number of hydrogen-bond donors (Lipinski definition) is 2. The molecule has 7 heteroatoms. The van der Waals surface area contributed by atoms with Crippen LogP contribution in [0, 0.1) is 13.8 Å². The Kier molecular flexibility index (Phi) is 6.19. The van der Waals surface area contributed by atoms with Gasteiger partial charge in [0.15, 0.2) is 0 Å².